The summed E-state index contributed by atoms with van der Waals surface area (Å²) in [6.45, 7) is 6.50. The second-order valence-corrected chi connectivity index (χ2v) is 7.41. The third-order valence-corrected chi connectivity index (χ3v) is 5.57. The van der Waals surface area contributed by atoms with E-state index < -0.39 is 11.9 Å². The van der Waals surface area contributed by atoms with E-state index >= 15 is 0 Å². The Bertz CT molecular complexity index is 813. The van der Waals surface area contributed by atoms with Crippen molar-refractivity contribution >= 4 is 28.1 Å². The van der Waals surface area contributed by atoms with Gasteiger partial charge in [0.15, 0.2) is 10.8 Å². The van der Waals surface area contributed by atoms with Crippen LogP contribution in [-0.2, 0) is 11.0 Å². The quantitative estimate of drug-likeness (QED) is 0.856. The van der Waals surface area contributed by atoms with Gasteiger partial charge in [0.2, 0.25) is 5.91 Å². The van der Waals surface area contributed by atoms with E-state index in [1.807, 2.05) is 41.8 Å². The lowest BCUT2D eigenvalue weighted by molar-refractivity contribution is -0.140. The molecule has 0 radical (unpaired) electrons. The number of rotatable bonds is 4. The fraction of sp³-hybridized carbons (Fsp3) is 0.444. The summed E-state index contributed by atoms with van der Waals surface area (Å²) < 4.78 is 38.0. The SMILES string of the molecule is Cc1cccc(NC(=O)CN2CCN(c3nc(C(F)(F)F)cs3)CC2)c1C. The van der Waals surface area contributed by atoms with Crippen LogP contribution in [0.15, 0.2) is 23.6 Å². The Morgan fingerprint density at radius 2 is 1.93 bits per heavy atom. The van der Waals surface area contributed by atoms with Crippen LogP contribution < -0.4 is 10.2 Å². The molecule has 1 aliphatic heterocycles. The average Bonchev–Trinajstić information content (AvgIpc) is 3.10. The fourth-order valence-electron chi connectivity index (χ4n) is 2.92. The smallest absolute Gasteiger partial charge is 0.346 e. The van der Waals surface area contributed by atoms with Crippen LogP contribution in [0.3, 0.4) is 0 Å². The number of carbonyl (C=O) groups is 1. The van der Waals surface area contributed by atoms with Crippen LogP contribution in [0.1, 0.15) is 16.8 Å². The van der Waals surface area contributed by atoms with Gasteiger partial charge < -0.3 is 10.2 Å². The van der Waals surface area contributed by atoms with Crippen molar-refractivity contribution in [2.45, 2.75) is 20.0 Å². The van der Waals surface area contributed by atoms with Crippen molar-refractivity contribution in [1.82, 2.24) is 9.88 Å². The van der Waals surface area contributed by atoms with E-state index in [4.69, 9.17) is 0 Å². The molecule has 2 heterocycles. The first-order chi connectivity index (χ1) is 12.7. The second kappa shape index (κ2) is 7.85. The molecule has 9 heteroatoms. The molecule has 1 saturated heterocycles. The van der Waals surface area contributed by atoms with Gasteiger partial charge in [-0.3, -0.25) is 9.69 Å². The first-order valence-corrected chi connectivity index (χ1v) is 9.48. The largest absolute Gasteiger partial charge is 0.434 e. The third kappa shape index (κ3) is 4.78. The Hall–Kier alpha value is -2.13. The molecule has 0 spiro atoms. The van der Waals surface area contributed by atoms with Gasteiger partial charge >= 0.3 is 6.18 Å². The molecule has 0 unspecified atom stereocenters. The zero-order valence-corrected chi connectivity index (χ0v) is 16.0. The van der Waals surface area contributed by atoms with Gasteiger partial charge in [-0.1, -0.05) is 12.1 Å². The highest BCUT2D eigenvalue weighted by molar-refractivity contribution is 7.13. The van der Waals surface area contributed by atoms with Gasteiger partial charge in [0.05, 0.1) is 6.54 Å². The molecule has 1 fully saturated rings. The maximum atomic E-state index is 12.7. The van der Waals surface area contributed by atoms with Gasteiger partial charge in [-0.15, -0.1) is 11.3 Å². The molecular weight excluding hydrogens is 377 g/mol. The maximum Gasteiger partial charge on any atom is 0.434 e. The number of piperazine rings is 1. The summed E-state index contributed by atoms with van der Waals surface area (Å²) in [5, 5.41) is 4.35. The minimum atomic E-state index is -4.41. The van der Waals surface area contributed by atoms with Crippen molar-refractivity contribution in [2.75, 3.05) is 42.9 Å². The van der Waals surface area contributed by atoms with Crippen molar-refractivity contribution in [3.8, 4) is 0 Å². The number of halogens is 3. The van der Waals surface area contributed by atoms with Crippen molar-refractivity contribution < 1.29 is 18.0 Å². The lowest BCUT2D eigenvalue weighted by atomic mass is 10.1. The van der Waals surface area contributed by atoms with Crippen LogP contribution in [0.4, 0.5) is 24.0 Å². The van der Waals surface area contributed by atoms with Crippen LogP contribution in [0.5, 0.6) is 0 Å². The van der Waals surface area contributed by atoms with Crippen LogP contribution in [0, 0.1) is 13.8 Å². The molecule has 1 amide bonds. The molecule has 0 atom stereocenters. The molecule has 3 rings (SSSR count). The lowest BCUT2D eigenvalue weighted by Gasteiger charge is -2.34. The number of carbonyl (C=O) groups excluding carboxylic acids is 1. The summed E-state index contributed by atoms with van der Waals surface area (Å²) in [6.07, 6.45) is -4.41. The normalized spacial score (nSPS) is 15.8. The first-order valence-electron chi connectivity index (χ1n) is 8.60. The third-order valence-electron chi connectivity index (χ3n) is 4.67. The molecule has 1 N–H and O–H groups in total. The van der Waals surface area contributed by atoms with Gasteiger partial charge in [-0.2, -0.15) is 13.2 Å². The molecule has 5 nitrogen and oxygen atoms in total. The number of benzene rings is 1. The number of nitrogens with zero attached hydrogens (tertiary/aromatic N) is 3. The molecule has 1 aromatic carbocycles. The topological polar surface area (TPSA) is 48.5 Å². The number of hydrogen-bond acceptors (Lipinski definition) is 5. The van der Waals surface area contributed by atoms with Gasteiger partial charge in [0.25, 0.3) is 0 Å². The van der Waals surface area contributed by atoms with Gasteiger partial charge in [-0.05, 0) is 31.0 Å². The summed E-state index contributed by atoms with van der Waals surface area (Å²) in [4.78, 5) is 19.8. The molecule has 2 aromatic rings. The summed E-state index contributed by atoms with van der Waals surface area (Å²) in [6, 6.07) is 5.77. The van der Waals surface area contributed by atoms with E-state index in [9.17, 15) is 18.0 Å². The standard InChI is InChI=1S/C18H21F3N4OS/c1-12-4-3-5-14(13(12)2)22-16(26)10-24-6-8-25(9-7-24)17-23-15(11-27-17)18(19,20)21/h3-5,11H,6-10H2,1-2H3,(H,22,26). The number of alkyl halides is 3. The number of anilines is 2. The zero-order chi connectivity index (χ0) is 19.6. The van der Waals surface area contributed by atoms with Crippen molar-refractivity contribution in [3.63, 3.8) is 0 Å². The van der Waals surface area contributed by atoms with E-state index in [1.54, 1.807) is 0 Å². The van der Waals surface area contributed by atoms with Gasteiger partial charge in [-0.25, -0.2) is 4.98 Å². The van der Waals surface area contributed by atoms with Crippen molar-refractivity contribution in [1.29, 1.82) is 0 Å². The molecule has 0 aliphatic carbocycles. The minimum Gasteiger partial charge on any atom is -0.346 e. The van der Waals surface area contributed by atoms with E-state index in [-0.39, 0.29) is 12.5 Å². The van der Waals surface area contributed by atoms with Crippen molar-refractivity contribution in [2.24, 2.45) is 0 Å². The minimum absolute atomic E-state index is 0.0919. The molecule has 0 bridgehead atoms. The predicted octanol–water partition coefficient (Wildman–Crippen LogP) is 3.54. The summed E-state index contributed by atoms with van der Waals surface area (Å²) >= 11 is 1.000. The number of hydrogen-bond donors (Lipinski definition) is 1. The number of thiazole rings is 1. The molecule has 0 saturated carbocycles. The number of amides is 1. The van der Waals surface area contributed by atoms with Crippen LogP contribution >= 0.6 is 11.3 Å². The Labute approximate surface area is 159 Å². The summed E-state index contributed by atoms with van der Waals surface area (Å²) in [5.74, 6) is -0.0919. The molecule has 1 aromatic heterocycles. The summed E-state index contributed by atoms with van der Waals surface area (Å²) in [5.41, 5.74) is 2.11. The van der Waals surface area contributed by atoms with Crippen LogP contribution in [0.25, 0.3) is 0 Å². The van der Waals surface area contributed by atoms with E-state index in [2.05, 4.69) is 10.3 Å². The van der Waals surface area contributed by atoms with E-state index in [1.165, 1.54) is 0 Å². The monoisotopic (exact) mass is 398 g/mol. The maximum absolute atomic E-state index is 12.7. The van der Waals surface area contributed by atoms with Gasteiger partial charge in [0, 0.05) is 37.2 Å². The first kappa shape index (κ1) is 19.6. The molecule has 1 aliphatic rings. The second-order valence-electron chi connectivity index (χ2n) is 6.57. The Kier molecular flexibility index (Phi) is 5.71. The zero-order valence-electron chi connectivity index (χ0n) is 15.1. The highest BCUT2D eigenvalue weighted by atomic mass is 32.1. The average molecular weight is 398 g/mol. The predicted molar refractivity (Wildman–Crippen MR) is 100 cm³/mol. The Morgan fingerprint density at radius 1 is 1.22 bits per heavy atom. The molecule has 146 valence electrons. The highest BCUT2D eigenvalue weighted by Crippen LogP contribution is 2.33. The number of aromatic nitrogens is 1. The Morgan fingerprint density at radius 3 is 2.56 bits per heavy atom. The molecular formula is C18H21F3N4OS. The van der Waals surface area contributed by atoms with Crippen molar-refractivity contribution in [3.05, 3.63) is 40.4 Å². The van der Waals surface area contributed by atoms with Crippen LogP contribution in [-0.4, -0.2) is 48.5 Å². The Balaban J connectivity index is 1.51. The van der Waals surface area contributed by atoms with Crippen LogP contribution in [0.2, 0.25) is 0 Å². The fourth-order valence-corrected chi connectivity index (χ4v) is 3.80. The number of nitrogens with one attached hydrogen (secondary N) is 1. The lowest BCUT2D eigenvalue weighted by Crippen LogP contribution is -2.48. The van der Waals surface area contributed by atoms with E-state index in [0.717, 1.165) is 33.5 Å². The number of aryl methyl sites for hydroxylation is 1. The summed E-state index contributed by atoms with van der Waals surface area (Å²) in [7, 11) is 0. The highest BCUT2D eigenvalue weighted by Gasteiger charge is 2.34. The molecule has 27 heavy (non-hydrogen) atoms. The van der Waals surface area contributed by atoms with E-state index in [0.29, 0.717) is 31.3 Å². The van der Waals surface area contributed by atoms with Gasteiger partial charge in [0.1, 0.15) is 0 Å².